The van der Waals surface area contributed by atoms with Crippen LogP contribution in [0.25, 0.3) is 12.2 Å². The molecule has 24 heavy (non-hydrogen) atoms. The second kappa shape index (κ2) is 7.41. The highest BCUT2D eigenvalue weighted by Gasteiger charge is 2.20. The highest BCUT2D eigenvalue weighted by Crippen LogP contribution is 2.23. The Morgan fingerprint density at radius 2 is 1.67 bits per heavy atom. The van der Waals surface area contributed by atoms with Crippen LogP contribution in [0.5, 0.6) is 0 Å². The summed E-state index contributed by atoms with van der Waals surface area (Å²) in [6, 6.07) is 12.3. The van der Waals surface area contributed by atoms with Crippen molar-refractivity contribution in [1.82, 2.24) is 0 Å². The lowest BCUT2D eigenvalue weighted by atomic mass is 10.1. The van der Waals surface area contributed by atoms with E-state index >= 15 is 0 Å². The molecule has 0 radical (unpaired) electrons. The van der Waals surface area contributed by atoms with Gasteiger partial charge in [-0.05, 0) is 29.3 Å². The van der Waals surface area contributed by atoms with Crippen LogP contribution in [0.4, 0.5) is 11.4 Å². The number of hydrogen-bond donors (Lipinski definition) is 0. The van der Waals surface area contributed by atoms with Crippen molar-refractivity contribution in [3.63, 3.8) is 0 Å². The van der Waals surface area contributed by atoms with E-state index in [0.717, 1.165) is 11.3 Å². The first kappa shape index (κ1) is 17.2. The molecule has 0 unspecified atom stereocenters. The van der Waals surface area contributed by atoms with Crippen molar-refractivity contribution in [3.8, 4) is 0 Å². The van der Waals surface area contributed by atoms with Crippen LogP contribution in [0.1, 0.15) is 21.5 Å². The zero-order valence-electron chi connectivity index (χ0n) is 13.7. The summed E-state index contributed by atoms with van der Waals surface area (Å²) in [5.41, 5.74) is 2.36. The normalized spacial score (nSPS) is 10.6. The predicted molar refractivity (Wildman–Crippen MR) is 94.1 cm³/mol. The Hall–Kier alpha value is -3.15. The number of ether oxygens (including phenoxy) is 1. The van der Waals surface area contributed by atoms with Crippen LogP contribution in [-0.4, -0.2) is 32.1 Å². The lowest BCUT2D eigenvalue weighted by molar-refractivity contribution is -0.385. The summed E-state index contributed by atoms with van der Waals surface area (Å²) in [5, 5.41) is 11.1. The van der Waals surface area contributed by atoms with Crippen molar-refractivity contribution in [3.05, 3.63) is 69.3 Å². The van der Waals surface area contributed by atoms with Gasteiger partial charge in [0.05, 0.1) is 12.0 Å². The first-order valence-electron chi connectivity index (χ1n) is 7.24. The van der Waals surface area contributed by atoms with E-state index in [1.165, 1.54) is 19.2 Å². The molecule has 0 saturated carbocycles. The molecule has 0 aliphatic carbocycles. The van der Waals surface area contributed by atoms with Crippen LogP contribution in [0.2, 0.25) is 0 Å². The number of nitrogens with zero attached hydrogens (tertiary/aromatic N) is 2. The summed E-state index contributed by atoms with van der Waals surface area (Å²) in [4.78, 5) is 24.1. The molecule has 0 fully saturated rings. The first-order valence-corrected chi connectivity index (χ1v) is 7.24. The van der Waals surface area contributed by atoms with Gasteiger partial charge in [-0.2, -0.15) is 0 Å². The summed E-state index contributed by atoms with van der Waals surface area (Å²) in [6.45, 7) is 0. The first-order chi connectivity index (χ1) is 11.4. The third kappa shape index (κ3) is 3.98. The van der Waals surface area contributed by atoms with Gasteiger partial charge in [0.2, 0.25) is 0 Å². The molecule has 0 saturated heterocycles. The fourth-order valence-electron chi connectivity index (χ4n) is 2.16. The van der Waals surface area contributed by atoms with Crippen LogP contribution >= 0.6 is 0 Å². The molecule has 2 aromatic carbocycles. The maximum Gasteiger partial charge on any atom is 0.344 e. The number of carbonyl (C=O) groups excluding carboxylic acids is 1. The number of nitro groups is 1. The predicted octanol–water partition coefficient (Wildman–Crippen LogP) is 3.62. The molecule has 0 aliphatic heterocycles. The Bertz CT molecular complexity index is 780. The largest absolute Gasteiger partial charge is 0.465 e. The molecule has 2 aromatic rings. The van der Waals surface area contributed by atoms with Crippen molar-refractivity contribution >= 4 is 29.5 Å². The molecule has 6 heteroatoms. The van der Waals surface area contributed by atoms with E-state index in [2.05, 4.69) is 4.74 Å². The number of carbonyl (C=O) groups is 1. The maximum atomic E-state index is 11.6. The Morgan fingerprint density at radius 1 is 1.08 bits per heavy atom. The third-order valence-electron chi connectivity index (χ3n) is 3.50. The van der Waals surface area contributed by atoms with Crippen molar-refractivity contribution < 1.29 is 14.5 Å². The fourth-order valence-corrected chi connectivity index (χ4v) is 2.16. The van der Waals surface area contributed by atoms with E-state index < -0.39 is 10.9 Å². The van der Waals surface area contributed by atoms with E-state index in [0.29, 0.717) is 5.56 Å². The standard InChI is InChI=1S/C18H18N2O4/c1-19(2)15-9-6-13(7-10-15)4-5-14-8-11-16(18(21)24-3)17(12-14)20(22)23/h4-12H,1-3H3/b5-4+. The van der Waals surface area contributed by atoms with Crippen LogP contribution in [0.15, 0.2) is 42.5 Å². The molecule has 0 amide bonds. The molecule has 0 aromatic heterocycles. The smallest absolute Gasteiger partial charge is 0.344 e. The average Bonchev–Trinajstić information content (AvgIpc) is 2.59. The number of esters is 1. The van der Waals surface area contributed by atoms with Crippen LogP contribution in [0.3, 0.4) is 0 Å². The Kier molecular flexibility index (Phi) is 5.31. The number of rotatable bonds is 5. The summed E-state index contributed by atoms with van der Waals surface area (Å²) in [6.07, 6.45) is 3.62. The van der Waals surface area contributed by atoms with Gasteiger partial charge in [-0.1, -0.05) is 30.4 Å². The molecular weight excluding hydrogens is 308 g/mol. The summed E-state index contributed by atoms with van der Waals surface area (Å²) >= 11 is 0. The van der Waals surface area contributed by atoms with Crippen molar-refractivity contribution in [2.45, 2.75) is 0 Å². The van der Waals surface area contributed by atoms with Crippen LogP contribution in [-0.2, 0) is 4.74 Å². The second-order valence-corrected chi connectivity index (χ2v) is 5.34. The van der Waals surface area contributed by atoms with Crippen LogP contribution < -0.4 is 4.90 Å². The highest BCUT2D eigenvalue weighted by atomic mass is 16.6. The van der Waals surface area contributed by atoms with Gasteiger partial charge in [-0.3, -0.25) is 10.1 Å². The van der Waals surface area contributed by atoms with Gasteiger partial charge >= 0.3 is 5.97 Å². The van der Waals surface area contributed by atoms with Crippen molar-refractivity contribution in [1.29, 1.82) is 0 Å². The van der Waals surface area contributed by atoms with Gasteiger partial charge in [0.15, 0.2) is 0 Å². The maximum absolute atomic E-state index is 11.6. The van der Waals surface area contributed by atoms with Gasteiger partial charge < -0.3 is 9.64 Å². The molecule has 0 N–H and O–H groups in total. The molecule has 0 heterocycles. The summed E-state index contributed by atoms with van der Waals surface area (Å²) in [5.74, 6) is -0.725. The zero-order chi connectivity index (χ0) is 17.7. The topological polar surface area (TPSA) is 72.7 Å². The summed E-state index contributed by atoms with van der Waals surface area (Å²) < 4.78 is 4.56. The lowest BCUT2D eigenvalue weighted by Crippen LogP contribution is -2.07. The van der Waals surface area contributed by atoms with Gasteiger partial charge in [0.1, 0.15) is 5.56 Å². The molecule has 6 nitrogen and oxygen atoms in total. The molecule has 2 rings (SSSR count). The molecule has 124 valence electrons. The SMILES string of the molecule is COC(=O)c1ccc(/C=C/c2ccc(N(C)C)cc2)cc1[N+](=O)[O-]. The highest BCUT2D eigenvalue weighted by molar-refractivity contribution is 5.94. The van der Waals surface area contributed by atoms with Gasteiger partial charge in [0.25, 0.3) is 5.69 Å². The molecule has 0 atom stereocenters. The van der Waals surface area contributed by atoms with Crippen molar-refractivity contribution in [2.24, 2.45) is 0 Å². The lowest BCUT2D eigenvalue weighted by Gasteiger charge is -2.11. The monoisotopic (exact) mass is 326 g/mol. The minimum atomic E-state index is -0.725. The van der Waals surface area contributed by atoms with E-state index in [-0.39, 0.29) is 11.3 Å². The Balaban J connectivity index is 2.27. The molecule has 0 spiro atoms. The van der Waals surface area contributed by atoms with Gasteiger partial charge in [-0.15, -0.1) is 0 Å². The van der Waals surface area contributed by atoms with E-state index in [1.807, 2.05) is 49.3 Å². The Labute approximate surface area is 140 Å². The molecule has 0 bridgehead atoms. The number of methoxy groups -OCH3 is 1. The van der Waals surface area contributed by atoms with E-state index in [4.69, 9.17) is 0 Å². The minimum Gasteiger partial charge on any atom is -0.465 e. The van der Waals surface area contributed by atoms with E-state index in [9.17, 15) is 14.9 Å². The van der Waals surface area contributed by atoms with Crippen molar-refractivity contribution in [2.75, 3.05) is 26.1 Å². The number of hydrogen-bond acceptors (Lipinski definition) is 5. The summed E-state index contributed by atoms with van der Waals surface area (Å²) in [7, 11) is 5.12. The average molecular weight is 326 g/mol. The van der Waals surface area contributed by atoms with E-state index in [1.54, 1.807) is 12.1 Å². The van der Waals surface area contributed by atoms with Crippen LogP contribution in [0, 0.1) is 10.1 Å². The zero-order valence-corrected chi connectivity index (χ0v) is 13.7. The van der Waals surface area contributed by atoms with Gasteiger partial charge in [-0.25, -0.2) is 4.79 Å². The second-order valence-electron chi connectivity index (χ2n) is 5.34. The quantitative estimate of drug-likeness (QED) is 0.363. The molecular formula is C18H18N2O4. The number of anilines is 1. The third-order valence-corrected chi connectivity index (χ3v) is 3.50. The number of benzene rings is 2. The Morgan fingerprint density at radius 3 is 2.21 bits per heavy atom. The molecule has 0 aliphatic rings. The number of nitro benzene ring substituents is 1. The minimum absolute atomic E-state index is 0.0602. The fraction of sp³-hybridized carbons (Fsp3) is 0.167. The van der Waals surface area contributed by atoms with Gasteiger partial charge in [0, 0.05) is 25.8 Å².